The lowest BCUT2D eigenvalue weighted by atomic mass is 9.89. The van der Waals surface area contributed by atoms with E-state index in [1.54, 1.807) is 0 Å². The van der Waals surface area contributed by atoms with Crippen LogP contribution in [0.5, 0.6) is 0 Å². The predicted octanol–water partition coefficient (Wildman–Crippen LogP) is 3.39. The van der Waals surface area contributed by atoms with Gasteiger partial charge in [-0.2, -0.15) is 11.8 Å². The van der Waals surface area contributed by atoms with Crippen molar-refractivity contribution in [3.8, 4) is 0 Å². The first-order valence-corrected chi connectivity index (χ1v) is 7.23. The Morgan fingerprint density at radius 1 is 1.39 bits per heavy atom. The number of thioether (sulfide) groups is 1. The summed E-state index contributed by atoms with van der Waals surface area (Å²) in [6, 6.07) is 8.43. The van der Waals surface area contributed by atoms with Crippen LogP contribution in [0.1, 0.15) is 31.4 Å². The zero-order valence-electron chi connectivity index (χ0n) is 11.3. The summed E-state index contributed by atoms with van der Waals surface area (Å²) in [5.41, 5.74) is 8.13. The lowest BCUT2D eigenvalue weighted by Gasteiger charge is -2.22. The smallest absolute Gasteiger partial charge is 0.144 e. The summed E-state index contributed by atoms with van der Waals surface area (Å²) in [4.78, 5) is 0. The second-order valence-corrected chi connectivity index (χ2v) is 6.20. The third-order valence-electron chi connectivity index (χ3n) is 3.19. The van der Waals surface area contributed by atoms with Crippen LogP contribution in [0.15, 0.2) is 29.4 Å². The van der Waals surface area contributed by atoms with E-state index in [4.69, 9.17) is 10.9 Å². The fraction of sp³-hybridized carbons (Fsp3) is 0.500. The molecule has 0 radical (unpaired) electrons. The normalized spacial score (nSPS) is 12.7. The Hall–Kier alpha value is -1.16. The average Bonchev–Trinajstić information content (AvgIpc) is 2.35. The number of aryl methyl sites for hydroxylation is 1. The Labute approximate surface area is 113 Å². The van der Waals surface area contributed by atoms with Gasteiger partial charge in [0, 0.05) is 11.2 Å². The monoisotopic (exact) mass is 266 g/mol. The van der Waals surface area contributed by atoms with Gasteiger partial charge in [-0.15, -0.1) is 0 Å². The molecule has 0 bridgehead atoms. The quantitative estimate of drug-likeness (QED) is 0.273. The molecule has 0 heterocycles. The molecule has 3 N–H and O–H groups in total. The van der Waals surface area contributed by atoms with Crippen molar-refractivity contribution in [2.24, 2.45) is 16.3 Å². The van der Waals surface area contributed by atoms with Crippen molar-refractivity contribution in [3.63, 3.8) is 0 Å². The summed E-state index contributed by atoms with van der Waals surface area (Å²) >= 11 is 1.88. The van der Waals surface area contributed by atoms with Gasteiger partial charge in [0.15, 0.2) is 0 Å². The van der Waals surface area contributed by atoms with Gasteiger partial charge in [0.1, 0.15) is 5.84 Å². The van der Waals surface area contributed by atoms with Crippen molar-refractivity contribution < 1.29 is 5.21 Å². The number of nitrogens with zero attached hydrogens (tertiary/aromatic N) is 1. The first-order valence-electron chi connectivity index (χ1n) is 6.07. The number of nitrogens with two attached hydrogens (primary N) is 1. The Kier molecular flexibility index (Phi) is 5.54. The molecule has 18 heavy (non-hydrogen) atoms. The van der Waals surface area contributed by atoms with Gasteiger partial charge < -0.3 is 10.9 Å². The van der Waals surface area contributed by atoms with E-state index < -0.39 is 0 Å². The van der Waals surface area contributed by atoms with Crippen LogP contribution < -0.4 is 5.73 Å². The Balaban J connectivity index is 2.38. The van der Waals surface area contributed by atoms with Crippen LogP contribution in [0.4, 0.5) is 0 Å². The van der Waals surface area contributed by atoms with E-state index >= 15 is 0 Å². The van der Waals surface area contributed by atoms with Crippen molar-refractivity contribution in [1.82, 2.24) is 0 Å². The number of benzene rings is 1. The average molecular weight is 266 g/mol. The van der Waals surface area contributed by atoms with Gasteiger partial charge in [0.05, 0.1) is 0 Å². The van der Waals surface area contributed by atoms with Gasteiger partial charge in [0.25, 0.3) is 0 Å². The van der Waals surface area contributed by atoms with Crippen molar-refractivity contribution in [2.45, 2.75) is 32.9 Å². The van der Waals surface area contributed by atoms with Gasteiger partial charge in [-0.05, 0) is 30.2 Å². The van der Waals surface area contributed by atoms with Crippen LogP contribution in [0.3, 0.4) is 0 Å². The van der Waals surface area contributed by atoms with Crippen LogP contribution in [0.25, 0.3) is 0 Å². The maximum Gasteiger partial charge on any atom is 0.144 e. The lowest BCUT2D eigenvalue weighted by molar-refractivity contribution is 0.307. The number of hydrogen-bond acceptors (Lipinski definition) is 3. The summed E-state index contributed by atoms with van der Waals surface area (Å²) in [5.74, 6) is 2.32. The zero-order valence-corrected chi connectivity index (χ0v) is 12.1. The molecule has 0 spiro atoms. The number of rotatable bonds is 6. The minimum Gasteiger partial charge on any atom is -0.409 e. The summed E-state index contributed by atoms with van der Waals surface area (Å²) in [6.07, 6.45) is 0.902. The lowest BCUT2D eigenvalue weighted by Crippen LogP contribution is -2.32. The maximum atomic E-state index is 8.70. The zero-order chi connectivity index (χ0) is 13.6. The van der Waals surface area contributed by atoms with E-state index in [0.717, 1.165) is 17.9 Å². The maximum absolute atomic E-state index is 8.70. The molecule has 0 fully saturated rings. The number of hydrogen-bond donors (Lipinski definition) is 2. The minimum absolute atomic E-state index is 0.243. The topological polar surface area (TPSA) is 58.6 Å². The molecule has 4 heteroatoms. The third-order valence-corrected chi connectivity index (χ3v) is 4.20. The molecule has 0 aliphatic rings. The number of oxime groups is 1. The van der Waals surface area contributed by atoms with Crippen molar-refractivity contribution >= 4 is 17.6 Å². The van der Waals surface area contributed by atoms with Crippen molar-refractivity contribution in [3.05, 3.63) is 35.4 Å². The summed E-state index contributed by atoms with van der Waals surface area (Å²) in [6.45, 7) is 6.13. The highest BCUT2D eigenvalue weighted by atomic mass is 32.2. The highest BCUT2D eigenvalue weighted by Gasteiger charge is 2.22. The molecule has 0 saturated heterocycles. The minimum atomic E-state index is -0.243. The summed E-state index contributed by atoms with van der Waals surface area (Å²) in [5, 5.41) is 11.8. The molecular weight excluding hydrogens is 244 g/mol. The number of amidine groups is 1. The van der Waals surface area contributed by atoms with Gasteiger partial charge in [0.2, 0.25) is 0 Å². The van der Waals surface area contributed by atoms with Crippen LogP contribution in [0.2, 0.25) is 0 Å². The van der Waals surface area contributed by atoms with Gasteiger partial charge in [-0.3, -0.25) is 0 Å². The van der Waals surface area contributed by atoms with E-state index in [2.05, 4.69) is 36.3 Å². The van der Waals surface area contributed by atoms with E-state index in [1.807, 2.05) is 25.6 Å². The molecule has 0 aromatic heterocycles. The summed E-state index contributed by atoms with van der Waals surface area (Å²) in [7, 11) is 0. The molecule has 3 nitrogen and oxygen atoms in total. The fourth-order valence-electron chi connectivity index (χ4n) is 1.54. The molecule has 1 rings (SSSR count). The second-order valence-electron chi connectivity index (χ2n) is 5.10. The molecule has 100 valence electrons. The third kappa shape index (κ3) is 4.26. The van der Waals surface area contributed by atoms with Crippen LogP contribution in [0, 0.1) is 12.3 Å². The predicted molar refractivity (Wildman–Crippen MR) is 79.1 cm³/mol. The first-order chi connectivity index (χ1) is 8.47. The first kappa shape index (κ1) is 14.9. The van der Waals surface area contributed by atoms with Crippen molar-refractivity contribution in [1.29, 1.82) is 0 Å². The molecule has 0 aliphatic carbocycles. The van der Waals surface area contributed by atoms with Gasteiger partial charge >= 0.3 is 0 Å². The van der Waals surface area contributed by atoms with Gasteiger partial charge in [-0.1, -0.05) is 43.3 Å². The Morgan fingerprint density at radius 2 is 2.06 bits per heavy atom. The molecule has 0 aliphatic heterocycles. The Morgan fingerprint density at radius 3 is 2.67 bits per heavy atom. The van der Waals surface area contributed by atoms with E-state index in [0.29, 0.717) is 5.84 Å². The summed E-state index contributed by atoms with van der Waals surface area (Å²) < 4.78 is 0. The molecular formula is C14H22N2OS. The molecule has 1 aromatic carbocycles. The van der Waals surface area contributed by atoms with Gasteiger partial charge in [-0.25, -0.2) is 0 Å². The van der Waals surface area contributed by atoms with Crippen LogP contribution >= 0.6 is 11.8 Å². The molecule has 0 saturated carbocycles. The van der Waals surface area contributed by atoms with E-state index in [-0.39, 0.29) is 5.41 Å². The standard InChI is InChI=1S/C14H22N2OS/c1-11-6-4-5-7-12(11)10-18-9-8-14(2,3)13(15)16-17/h4-7,17H,8-10H2,1-3H3,(H2,15,16). The van der Waals surface area contributed by atoms with E-state index in [1.165, 1.54) is 11.1 Å². The van der Waals surface area contributed by atoms with Crippen LogP contribution in [-0.2, 0) is 5.75 Å². The largest absolute Gasteiger partial charge is 0.409 e. The second kappa shape index (κ2) is 6.69. The van der Waals surface area contributed by atoms with Crippen molar-refractivity contribution in [2.75, 3.05) is 5.75 Å². The molecule has 0 atom stereocenters. The van der Waals surface area contributed by atoms with E-state index in [9.17, 15) is 0 Å². The molecule has 0 unspecified atom stereocenters. The Bertz CT molecular complexity index is 416. The fourth-order valence-corrected chi connectivity index (χ4v) is 2.89. The molecule has 0 amide bonds. The highest BCUT2D eigenvalue weighted by molar-refractivity contribution is 7.98. The SMILES string of the molecule is Cc1ccccc1CSCCC(C)(C)C(N)=NO. The highest BCUT2D eigenvalue weighted by Crippen LogP contribution is 2.25. The van der Waals surface area contributed by atoms with Crippen LogP contribution in [-0.4, -0.2) is 16.8 Å². The molecule has 1 aromatic rings.